The summed E-state index contributed by atoms with van der Waals surface area (Å²) in [5.74, 6) is -3.16. The van der Waals surface area contributed by atoms with Crippen molar-refractivity contribution in [2.45, 2.75) is 76.8 Å². The average Bonchev–Trinajstić information content (AvgIpc) is 2.69. The van der Waals surface area contributed by atoms with Gasteiger partial charge in [0, 0.05) is 18.9 Å². The molecular formula is C20H33N3O8. The van der Waals surface area contributed by atoms with Crippen LogP contribution in [-0.4, -0.2) is 63.8 Å². The average molecular weight is 443 g/mol. The van der Waals surface area contributed by atoms with Gasteiger partial charge < -0.3 is 31.3 Å². The van der Waals surface area contributed by atoms with Crippen LogP contribution in [0.25, 0.3) is 0 Å². The summed E-state index contributed by atoms with van der Waals surface area (Å²) in [6.45, 7) is 2.60. The molecule has 0 heterocycles. The van der Waals surface area contributed by atoms with Crippen LogP contribution in [0.15, 0.2) is 0 Å². The van der Waals surface area contributed by atoms with E-state index in [0.29, 0.717) is 25.3 Å². The van der Waals surface area contributed by atoms with Crippen LogP contribution in [-0.2, 0) is 19.2 Å². The zero-order valence-electron chi connectivity index (χ0n) is 17.8. The van der Waals surface area contributed by atoms with Gasteiger partial charge in [-0.25, -0.2) is 14.4 Å². The SMILES string of the molecule is CC1CCC(C(=O)NCCCC[C@H](NC(=O)NC(CCC(=O)O)C(=O)O)C(=O)O)CC1. The van der Waals surface area contributed by atoms with Crippen molar-refractivity contribution < 1.29 is 39.3 Å². The van der Waals surface area contributed by atoms with Gasteiger partial charge >= 0.3 is 23.9 Å². The number of urea groups is 1. The molecule has 0 saturated heterocycles. The monoisotopic (exact) mass is 443 g/mol. The Morgan fingerprint density at radius 3 is 1.90 bits per heavy atom. The summed E-state index contributed by atoms with van der Waals surface area (Å²) in [5, 5.41) is 34.1. The highest BCUT2D eigenvalue weighted by Gasteiger charge is 2.25. The zero-order valence-corrected chi connectivity index (χ0v) is 17.8. The molecule has 1 unspecified atom stereocenters. The van der Waals surface area contributed by atoms with Gasteiger partial charge in [0.15, 0.2) is 0 Å². The molecule has 0 bridgehead atoms. The first-order chi connectivity index (χ1) is 14.6. The number of amides is 3. The zero-order chi connectivity index (χ0) is 23.4. The van der Waals surface area contributed by atoms with Crippen molar-refractivity contribution in [1.82, 2.24) is 16.0 Å². The van der Waals surface area contributed by atoms with Gasteiger partial charge in [-0.2, -0.15) is 0 Å². The van der Waals surface area contributed by atoms with Crippen LogP contribution in [0.1, 0.15) is 64.7 Å². The number of carboxylic acid groups (broad SMARTS) is 3. The summed E-state index contributed by atoms with van der Waals surface area (Å²) >= 11 is 0. The molecule has 0 aromatic carbocycles. The molecule has 1 saturated carbocycles. The van der Waals surface area contributed by atoms with E-state index in [2.05, 4.69) is 22.9 Å². The number of aliphatic carboxylic acids is 3. The van der Waals surface area contributed by atoms with Gasteiger partial charge in [-0.1, -0.05) is 6.92 Å². The fourth-order valence-corrected chi connectivity index (χ4v) is 3.49. The Morgan fingerprint density at radius 2 is 1.39 bits per heavy atom. The summed E-state index contributed by atoms with van der Waals surface area (Å²) < 4.78 is 0. The highest BCUT2D eigenvalue weighted by molar-refractivity contribution is 5.86. The second-order valence-corrected chi connectivity index (χ2v) is 8.08. The van der Waals surface area contributed by atoms with Crippen LogP contribution in [0.4, 0.5) is 4.79 Å². The molecule has 2 atom stereocenters. The molecule has 0 aliphatic heterocycles. The van der Waals surface area contributed by atoms with Gasteiger partial charge in [-0.3, -0.25) is 9.59 Å². The van der Waals surface area contributed by atoms with Crippen molar-refractivity contribution in [3.05, 3.63) is 0 Å². The van der Waals surface area contributed by atoms with Crippen LogP contribution in [0.2, 0.25) is 0 Å². The van der Waals surface area contributed by atoms with Crippen molar-refractivity contribution in [3.8, 4) is 0 Å². The van der Waals surface area contributed by atoms with Crippen LogP contribution < -0.4 is 16.0 Å². The number of nitrogens with one attached hydrogen (secondary N) is 3. The maximum Gasteiger partial charge on any atom is 0.326 e. The summed E-state index contributed by atoms with van der Waals surface area (Å²) in [6.07, 6.45) is 4.16. The van der Waals surface area contributed by atoms with E-state index in [9.17, 15) is 29.1 Å². The van der Waals surface area contributed by atoms with E-state index in [4.69, 9.17) is 10.2 Å². The molecule has 0 aromatic heterocycles. The fourth-order valence-electron chi connectivity index (χ4n) is 3.49. The topological polar surface area (TPSA) is 182 Å². The smallest absolute Gasteiger partial charge is 0.326 e. The molecule has 176 valence electrons. The summed E-state index contributed by atoms with van der Waals surface area (Å²) in [6, 6.07) is -3.67. The Bertz CT molecular complexity index is 646. The lowest BCUT2D eigenvalue weighted by Crippen LogP contribution is -2.51. The molecule has 1 fully saturated rings. The molecule has 3 amide bonds. The molecule has 1 aliphatic rings. The lowest BCUT2D eigenvalue weighted by atomic mass is 9.82. The second kappa shape index (κ2) is 13.5. The minimum absolute atomic E-state index is 0.0280. The van der Waals surface area contributed by atoms with Crippen LogP contribution in [0.5, 0.6) is 0 Å². The van der Waals surface area contributed by atoms with Gasteiger partial charge in [-0.15, -0.1) is 0 Å². The van der Waals surface area contributed by atoms with Gasteiger partial charge in [0.2, 0.25) is 5.91 Å². The predicted octanol–water partition coefficient (Wildman–Crippen LogP) is 1.17. The van der Waals surface area contributed by atoms with Crippen molar-refractivity contribution in [3.63, 3.8) is 0 Å². The third-order valence-electron chi connectivity index (χ3n) is 5.46. The maximum absolute atomic E-state index is 12.2. The van der Waals surface area contributed by atoms with E-state index in [1.54, 1.807) is 0 Å². The Hall–Kier alpha value is -2.85. The number of hydrogen-bond donors (Lipinski definition) is 6. The van der Waals surface area contributed by atoms with Gasteiger partial charge in [0.1, 0.15) is 12.1 Å². The quantitative estimate of drug-likeness (QED) is 0.229. The molecule has 6 N–H and O–H groups in total. The third-order valence-corrected chi connectivity index (χ3v) is 5.46. The van der Waals surface area contributed by atoms with Gasteiger partial charge in [-0.05, 0) is 57.3 Å². The molecular weight excluding hydrogens is 410 g/mol. The van der Waals surface area contributed by atoms with Crippen LogP contribution >= 0.6 is 0 Å². The third kappa shape index (κ3) is 10.7. The highest BCUT2D eigenvalue weighted by Crippen LogP contribution is 2.28. The summed E-state index contributed by atoms with van der Waals surface area (Å²) in [4.78, 5) is 57.1. The first kappa shape index (κ1) is 26.2. The number of carbonyl (C=O) groups excluding carboxylic acids is 2. The van der Waals surface area contributed by atoms with E-state index in [-0.39, 0.29) is 24.7 Å². The Morgan fingerprint density at radius 1 is 0.839 bits per heavy atom. The number of unbranched alkanes of at least 4 members (excludes halogenated alkanes) is 1. The maximum atomic E-state index is 12.2. The molecule has 0 aromatic rings. The van der Waals surface area contributed by atoms with Crippen molar-refractivity contribution in [2.75, 3.05) is 6.54 Å². The van der Waals surface area contributed by atoms with Crippen molar-refractivity contribution in [1.29, 1.82) is 0 Å². The van der Waals surface area contributed by atoms with Crippen LogP contribution in [0.3, 0.4) is 0 Å². The number of hydrogen-bond acceptors (Lipinski definition) is 5. The van der Waals surface area contributed by atoms with Crippen molar-refractivity contribution in [2.24, 2.45) is 11.8 Å². The molecule has 0 radical (unpaired) electrons. The Balaban J connectivity index is 2.34. The minimum Gasteiger partial charge on any atom is -0.481 e. The molecule has 1 rings (SSSR count). The van der Waals surface area contributed by atoms with E-state index in [1.807, 2.05) is 0 Å². The fraction of sp³-hybridized carbons (Fsp3) is 0.750. The second-order valence-electron chi connectivity index (χ2n) is 8.08. The van der Waals surface area contributed by atoms with E-state index < -0.39 is 42.4 Å². The minimum atomic E-state index is -1.44. The molecule has 11 heteroatoms. The standard InChI is InChI=1S/C20H33N3O8/c1-12-5-7-13(8-6-12)17(26)21-11-3-2-4-14(18(27)28)22-20(31)23-15(19(29)30)9-10-16(24)25/h12-15H,2-11H2,1H3,(H,21,26)(H,24,25)(H,27,28)(H,29,30)(H2,22,23,31)/t12?,13?,14-,15?/m0/s1. The van der Waals surface area contributed by atoms with Gasteiger partial charge in [0.05, 0.1) is 0 Å². The highest BCUT2D eigenvalue weighted by atomic mass is 16.4. The number of carbonyl (C=O) groups is 5. The Labute approximate surface area is 181 Å². The molecule has 1 aliphatic carbocycles. The lowest BCUT2D eigenvalue weighted by molar-refractivity contribution is -0.140. The largest absolute Gasteiger partial charge is 0.481 e. The van der Waals surface area contributed by atoms with E-state index in [1.165, 1.54) is 0 Å². The number of rotatable bonds is 13. The normalized spacial score (nSPS) is 20.2. The predicted molar refractivity (Wildman–Crippen MR) is 109 cm³/mol. The van der Waals surface area contributed by atoms with E-state index >= 15 is 0 Å². The lowest BCUT2D eigenvalue weighted by Gasteiger charge is -2.25. The van der Waals surface area contributed by atoms with Crippen molar-refractivity contribution >= 4 is 29.8 Å². The summed E-state index contributed by atoms with van der Waals surface area (Å²) in [5.41, 5.74) is 0. The molecule has 11 nitrogen and oxygen atoms in total. The molecule has 0 spiro atoms. The molecule has 31 heavy (non-hydrogen) atoms. The Kier molecular flexibility index (Phi) is 11.4. The van der Waals surface area contributed by atoms with E-state index in [0.717, 1.165) is 25.7 Å². The van der Waals surface area contributed by atoms with Gasteiger partial charge in [0.25, 0.3) is 0 Å². The van der Waals surface area contributed by atoms with Crippen LogP contribution in [0, 0.1) is 11.8 Å². The first-order valence-corrected chi connectivity index (χ1v) is 10.6. The first-order valence-electron chi connectivity index (χ1n) is 10.6. The summed E-state index contributed by atoms with van der Waals surface area (Å²) in [7, 11) is 0. The number of carboxylic acids is 3.